The van der Waals surface area contributed by atoms with Crippen molar-refractivity contribution >= 4 is 28.4 Å². The van der Waals surface area contributed by atoms with Crippen molar-refractivity contribution in [3.8, 4) is 0 Å². The zero-order valence-corrected chi connectivity index (χ0v) is 16.2. The van der Waals surface area contributed by atoms with Gasteiger partial charge in [-0.25, -0.2) is 4.98 Å². The number of hydrogen-bond acceptors (Lipinski definition) is 7. The van der Waals surface area contributed by atoms with Crippen LogP contribution in [0.5, 0.6) is 0 Å². The third-order valence-electron chi connectivity index (χ3n) is 5.66. The van der Waals surface area contributed by atoms with E-state index in [1.54, 1.807) is 6.20 Å². The highest BCUT2D eigenvalue weighted by molar-refractivity contribution is 5.80. The lowest BCUT2D eigenvalue weighted by Gasteiger charge is -2.36. The maximum atomic E-state index is 5.71. The van der Waals surface area contributed by atoms with Gasteiger partial charge in [-0.15, -0.1) is 5.10 Å². The number of hydrogen-bond donors (Lipinski definition) is 1. The summed E-state index contributed by atoms with van der Waals surface area (Å²) < 4.78 is 5.71. The van der Waals surface area contributed by atoms with Gasteiger partial charge in [0.05, 0.1) is 54.4 Å². The van der Waals surface area contributed by atoms with Gasteiger partial charge in [-0.2, -0.15) is 5.10 Å². The minimum absolute atomic E-state index is 0.399. The fourth-order valence-corrected chi connectivity index (χ4v) is 4.15. The fraction of sp³-hybridized carbons (Fsp3) is 0.429. The molecule has 2 saturated heterocycles. The first kappa shape index (κ1) is 17.3. The largest absolute Gasteiger partial charge is 0.377 e. The quantitative estimate of drug-likeness (QED) is 0.745. The molecule has 2 atom stereocenters. The van der Waals surface area contributed by atoms with Crippen molar-refractivity contribution < 1.29 is 4.74 Å². The van der Waals surface area contributed by atoms with E-state index in [1.165, 1.54) is 12.8 Å². The van der Waals surface area contributed by atoms with Gasteiger partial charge in [-0.3, -0.25) is 4.98 Å². The minimum atomic E-state index is 0.399. The van der Waals surface area contributed by atoms with Crippen molar-refractivity contribution in [1.82, 2.24) is 20.2 Å². The fourth-order valence-electron chi connectivity index (χ4n) is 4.15. The van der Waals surface area contributed by atoms with Crippen LogP contribution in [0.25, 0.3) is 11.0 Å². The highest BCUT2D eigenvalue weighted by Crippen LogP contribution is 2.34. The Morgan fingerprint density at radius 3 is 2.64 bits per heavy atom. The molecule has 3 aromatic heterocycles. The van der Waals surface area contributed by atoms with E-state index in [2.05, 4.69) is 45.3 Å². The summed E-state index contributed by atoms with van der Waals surface area (Å²) >= 11 is 0. The number of pyridine rings is 2. The van der Waals surface area contributed by atoms with Crippen LogP contribution in [0, 0.1) is 0 Å². The molecule has 2 fully saturated rings. The summed E-state index contributed by atoms with van der Waals surface area (Å²) in [5.74, 6) is 1.84. The molecule has 7 heteroatoms. The molecule has 5 heterocycles. The molecule has 0 amide bonds. The molecule has 2 bridgehead atoms. The van der Waals surface area contributed by atoms with Gasteiger partial charge >= 0.3 is 0 Å². The van der Waals surface area contributed by atoms with Gasteiger partial charge in [0.1, 0.15) is 5.82 Å². The Balaban J connectivity index is 1.44. The van der Waals surface area contributed by atoms with Gasteiger partial charge in [0, 0.05) is 0 Å². The highest BCUT2D eigenvalue weighted by Gasteiger charge is 2.37. The lowest BCUT2D eigenvalue weighted by Crippen LogP contribution is -2.45. The van der Waals surface area contributed by atoms with Crippen LogP contribution in [0.1, 0.15) is 38.2 Å². The first-order chi connectivity index (χ1) is 13.7. The molecule has 28 heavy (non-hydrogen) atoms. The van der Waals surface area contributed by atoms with Crippen molar-refractivity contribution in [1.29, 1.82) is 0 Å². The summed E-state index contributed by atoms with van der Waals surface area (Å²) in [4.78, 5) is 11.9. The van der Waals surface area contributed by atoms with E-state index in [-0.39, 0.29) is 0 Å². The standard InChI is InChI=1S/C21H24N6O/c1-13(2)14-7-21(26-23-9-14)25-20-6-5-18-19(24-20)8-17(10-22-18)27-15-3-4-16(27)12-28-11-15/h5-10,13,15-16H,3-4,11-12H2,1-2H3,(H,24,25,26). The second-order valence-corrected chi connectivity index (χ2v) is 7.91. The number of anilines is 3. The average Bonchev–Trinajstić information content (AvgIpc) is 2.96. The second-order valence-electron chi connectivity index (χ2n) is 7.91. The van der Waals surface area contributed by atoms with Crippen molar-refractivity contribution in [3.05, 3.63) is 42.2 Å². The Bertz CT molecular complexity index is 991. The van der Waals surface area contributed by atoms with E-state index in [0.717, 1.165) is 41.3 Å². The topological polar surface area (TPSA) is 76.1 Å². The van der Waals surface area contributed by atoms with E-state index in [4.69, 9.17) is 9.72 Å². The van der Waals surface area contributed by atoms with Gasteiger partial charge in [0.25, 0.3) is 0 Å². The Kier molecular flexibility index (Phi) is 4.31. The molecular formula is C21H24N6O. The van der Waals surface area contributed by atoms with E-state index in [9.17, 15) is 0 Å². The zero-order valence-electron chi connectivity index (χ0n) is 16.2. The zero-order chi connectivity index (χ0) is 19.1. The van der Waals surface area contributed by atoms with Gasteiger partial charge in [-0.1, -0.05) is 13.8 Å². The predicted octanol–water partition coefficient (Wildman–Crippen LogP) is 3.65. The lowest BCUT2D eigenvalue weighted by molar-refractivity contribution is 0.0906. The summed E-state index contributed by atoms with van der Waals surface area (Å²) in [5, 5.41) is 11.5. The van der Waals surface area contributed by atoms with Crippen LogP contribution in [-0.2, 0) is 4.74 Å². The minimum Gasteiger partial charge on any atom is -0.377 e. The van der Waals surface area contributed by atoms with Crippen LogP contribution in [0.3, 0.4) is 0 Å². The first-order valence-corrected chi connectivity index (χ1v) is 9.90. The average molecular weight is 376 g/mol. The Morgan fingerprint density at radius 2 is 1.86 bits per heavy atom. The van der Waals surface area contributed by atoms with E-state index in [1.807, 2.05) is 24.4 Å². The number of ether oxygens (including phenoxy) is 1. The number of nitrogens with one attached hydrogen (secondary N) is 1. The molecule has 2 aliphatic rings. The van der Waals surface area contributed by atoms with E-state index in [0.29, 0.717) is 23.8 Å². The number of aromatic nitrogens is 4. The van der Waals surface area contributed by atoms with Crippen molar-refractivity contribution in [2.24, 2.45) is 0 Å². The van der Waals surface area contributed by atoms with Crippen LogP contribution in [0.4, 0.5) is 17.3 Å². The summed E-state index contributed by atoms with van der Waals surface area (Å²) in [5.41, 5.74) is 4.04. The number of rotatable bonds is 4. The Labute approximate surface area is 164 Å². The van der Waals surface area contributed by atoms with E-state index >= 15 is 0 Å². The van der Waals surface area contributed by atoms with Gasteiger partial charge in [0.15, 0.2) is 5.82 Å². The Hall–Kier alpha value is -2.80. The number of nitrogens with zero attached hydrogens (tertiary/aromatic N) is 5. The maximum absolute atomic E-state index is 5.71. The number of fused-ring (bicyclic) bond motifs is 3. The summed E-state index contributed by atoms with van der Waals surface area (Å²) in [6.07, 6.45) is 6.13. The molecule has 2 unspecified atom stereocenters. The molecule has 0 aliphatic carbocycles. The van der Waals surface area contributed by atoms with Gasteiger partial charge in [-0.05, 0) is 48.6 Å². The molecule has 0 saturated carbocycles. The van der Waals surface area contributed by atoms with Crippen LogP contribution in [0.2, 0.25) is 0 Å². The summed E-state index contributed by atoms with van der Waals surface area (Å²) in [6, 6.07) is 8.98. The maximum Gasteiger partial charge on any atom is 0.154 e. The van der Waals surface area contributed by atoms with Gasteiger partial charge in [0.2, 0.25) is 0 Å². The molecule has 0 aromatic carbocycles. The molecule has 1 N–H and O–H groups in total. The van der Waals surface area contributed by atoms with Crippen molar-refractivity contribution in [3.63, 3.8) is 0 Å². The van der Waals surface area contributed by atoms with Crippen LogP contribution >= 0.6 is 0 Å². The molecule has 2 aliphatic heterocycles. The first-order valence-electron chi connectivity index (χ1n) is 9.90. The molecule has 0 spiro atoms. The lowest BCUT2D eigenvalue weighted by atomic mass is 10.1. The molecule has 144 valence electrons. The predicted molar refractivity (Wildman–Crippen MR) is 109 cm³/mol. The SMILES string of the molecule is CC(C)c1cnnc(Nc2ccc3ncc(N4C5CCC4COC5)cc3n2)c1. The molecular weight excluding hydrogens is 352 g/mol. The van der Waals surface area contributed by atoms with Crippen LogP contribution in [-0.4, -0.2) is 45.5 Å². The highest BCUT2D eigenvalue weighted by atomic mass is 16.5. The summed E-state index contributed by atoms with van der Waals surface area (Å²) in [7, 11) is 0. The molecule has 0 radical (unpaired) electrons. The van der Waals surface area contributed by atoms with Crippen molar-refractivity contribution in [2.75, 3.05) is 23.4 Å². The second kappa shape index (κ2) is 6.98. The van der Waals surface area contributed by atoms with Crippen LogP contribution in [0.15, 0.2) is 36.7 Å². The van der Waals surface area contributed by atoms with E-state index < -0.39 is 0 Å². The smallest absolute Gasteiger partial charge is 0.154 e. The molecule has 7 nitrogen and oxygen atoms in total. The molecule has 5 rings (SSSR count). The molecule has 3 aromatic rings. The van der Waals surface area contributed by atoms with Crippen LogP contribution < -0.4 is 10.2 Å². The third kappa shape index (κ3) is 3.16. The number of morpholine rings is 1. The van der Waals surface area contributed by atoms with Crippen molar-refractivity contribution in [2.45, 2.75) is 44.7 Å². The normalized spacial score (nSPS) is 21.5. The monoisotopic (exact) mass is 376 g/mol. The summed E-state index contributed by atoms with van der Waals surface area (Å²) in [6.45, 7) is 5.88. The Morgan fingerprint density at radius 1 is 1.04 bits per heavy atom. The third-order valence-corrected chi connectivity index (χ3v) is 5.66. The van der Waals surface area contributed by atoms with Gasteiger partial charge < -0.3 is 15.0 Å².